The number of rotatable bonds is 12. The van der Waals surface area contributed by atoms with Crippen molar-refractivity contribution in [2.45, 2.75) is 57.2 Å². The van der Waals surface area contributed by atoms with Gasteiger partial charge < -0.3 is 20.8 Å². The second-order valence-electron chi connectivity index (χ2n) is 7.88. The predicted molar refractivity (Wildman–Crippen MR) is 117 cm³/mol. The zero-order chi connectivity index (χ0) is 23.5. The lowest BCUT2D eigenvalue weighted by atomic mass is 9.96. The third-order valence-corrected chi connectivity index (χ3v) is 5.05. The van der Waals surface area contributed by atoms with Gasteiger partial charge in [-0.2, -0.15) is 0 Å². The van der Waals surface area contributed by atoms with Crippen LogP contribution in [0.25, 0.3) is 0 Å². The third kappa shape index (κ3) is 9.11. The average molecular weight is 449 g/mol. The van der Waals surface area contributed by atoms with Crippen LogP contribution in [0.5, 0.6) is 0 Å². The van der Waals surface area contributed by atoms with Crippen LogP contribution < -0.4 is 10.6 Å². The van der Waals surface area contributed by atoms with Crippen molar-refractivity contribution in [3.63, 3.8) is 0 Å². The summed E-state index contributed by atoms with van der Waals surface area (Å²) < 4.78 is 27.0. The van der Waals surface area contributed by atoms with Crippen molar-refractivity contribution in [2.75, 3.05) is 6.61 Å². The lowest BCUT2D eigenvalue weighted by molar-refractivity contribution is -0.123. The van der Waals surface area contributed by atoms with E-state index < -0.39 is 42.3 Å². The minimum Gasteiger partial charge on any atom is -0.394 e. The van der Waals surface area contributed by atoms with E-state index >= 15 is 0 Å². The van der Waals surface area contributed by atoms with E-state index in [1.54, 1.807) is 0 Å². The molecule has 0 bridgehead atoms. The van der Waals surface area contributed by atoms with Gasteiger partial charge in [0.2, 0.25) is 11.8 Å². The molecule has 0 aliphatic rings. The molecule has 0 fully saturated rings. The fraction of sp³-hybridized carbons (Fsp3) is 0.417. The Morgan fingerprint density at radius 2 is 1.66 bits per heavy atom. The monoisotopic (exact) mass is 448 g/mol. The van der Waals surface area contributed by atoms with Gasteiger partial charge >= 0.3 is 0 Å². The Labute approximate surface area is 186 Å². The first-order chi connectivity index (χ1) is 15.3. The Hall–Kier alpha value is -2.84. The molecule has 0 aromatic heterocycles. The molecular weight excluding hydrogens is 418 g/mol. The number of amides is 2. The second-order valence-corrected chi connectivity index (χ2v) is 7.88. The number of carbonyl (C=O) groups is 2. The topological polar surface area (TPSA) is 98.7 Å². The van der Waals surface area contributed by atoms with Gasteiger partial charge in [0.05, 0.1) is 24.8 Å². The molecule has 174 valence electrons. The van der Waals surface area contributed by atoms with E-state index in [0.717, 1.165) is 30.2 Å². The fourth-order valence-electron chi connectivity index (χ4n) is 3.56. The summed E-state index contributed by atoms with van der Waals surface area (Å²) >= 11 is 0. The van der Waals surface area contributed by atoms with Crippen molar-refractivity contribution in [1.82, 2.24) is 10.6 Å². The number of carbonyl (C=O) groups excluding carboxylic acids is 2. The highest BCUT2D eigenvalue weighted by molar-refractivity contribution is 5.76. The van der Waals surface area contributed by atoms with Gasteiger partial charge in [-0.15, -0.1) is 0 Å². The quantitative estimate of drug-likeness (QED) is 0.400. The molecule has 0 saturated carbocycles. The van der Waals surface area contributed by atoms with Crippen molar-refractivity contribution in [3.8, 4) is 0 Å². The van der Waals surface area contributed by atoms with E-state index in [1.807, 2.05) is 30.3 Å². The maximum absolute atomic E-state index is 13.5. The van der Waals surface area contributed by atoms with E-state index in [4.69, 9.17) is 0 Å². The molecule has 0 spiro atoms. The van der Waals surface area contributed by atoms with Gasteiger partial charge in [0, 0.05) is 19.4 Å². The molecule has 0 heterocycles. The number of halogens is 2. The molecule has 1 unspecified atom stereocenters. The molecule has 32 heavy (non-hydrogen) atoms. The highest BCUT2D eigenvalue weighted by atomic mass is 19.1. The molecular formula is C24H30F2N2O4. The molecule has 4 N–H and O–H groups in total. The largest absolute Gasteiger partial charge is 0.394 e. The van der Waals surface area contributed by atoms with Crippen LogP contribution in [0.2, 0.25) is 0 Å². The maximum atomic E-state index is 13.5. The Kier molecular flexibility index (Phi) is 10.2. The zero-order valence-electron chi connectivity index (χ0n) is 18.1. The smallest absolute Gasteiger partial charge is 0.220 e. The van der Waals surface area contributed by atoms with Crippen LogP contribution in [-0.4, -0.2) is 46.8 Å². The van der Waals surface area contributed by atoms with Gasteiger partial charge in [0.1, 0.15) is 11.6 Å². The summed E-state index contributed by atoms with van der Waals surface area (Å²) in [4.78, 5) is 23.8. The molecule has 8 heteroatoms. The standard InChI is InChI=1S/C24H30F2N2O4/c1-16(30)27-22(12-18-10-19(25)13-20(26)11-18)23(31)14-21(15-29)28-24(32)9-5-8-17-6-3-2-4-7-17/h2-4,6-7,10-11,13,21-23,29,31H,5,8-9,12,14-15H2,1H3,(H,27,30)(H,28,32)/t21?,22-,23-/m0/s1. The first-order valence-electron chi connectivity index (χ1n) is 10.6. The highest BCUT2D eigenvalue weighted by Crippen LogP contribution is 2.14. The van der Waals surface area contributed by atoms with E-state index in [1.165, 1.54) is 6.92 Å². The summed E-state index contributed by atoms with van der Waals surface area (Å²) in [5.41, 5.74) is 1.40. The minimum absolute atomic E-state index is 0.0153. The summed E-state index contributed by atoms with van der Waals surface area (Å²) in [5, 5.41) is 25.5. The summed E-state index contributed by atoms with van der Waals surface area (Å²) in [6.07, 6.45) is 0.430. The van der Waals surface area contributed by atoms with Crippen LogP contribution in [0.1, 0.15) is 37.3 Å². The Morgan fingerprint density at radius 3 is 2.25 bits per heavy atom. The number of aliphatic hydroxyl groups is 2. The number of benzene rings is 2. The lowest BCUT2D eigenvalue weighted by Gasteiger charge is -2.27. The van der Waals surface area contributed by atoms with E-state index in [9.17, 15) is 28.6 Å². The van der Waals surface area contributed by atoms with Gasteiger partial charge in [0.25, 0.3) is 0 Å². The van der Waals surface area contributed by atoms with E-state index in [-0.39, 0.29) is 30.7 Å². The molecule has 2 aromatic carbocycles. The SMILES string of the molecule is CC(=O)N[C@@H](Cc1cc(F)cc(F)c1)[C@@H](O)CC(CO)NC(=O)CCCc1ccccc1. The molecule has 2 aromatic rings. The minimum atomic E-state index is -1.16. The lowest BCUT2D eigenvalue weighted by Crippen LogP contribution is -2.48. The number of aryl methyl sites for hydroxylation is 1. The van der Waals surface area contributed by atoms with Crippen LogP contribution in [0.4, 0.5) is 8.78 Å². The van der Waals surface area contributed by atoms with Gasteiger partial charge in [0.15, 0.2) is 0 Å². The van der Waals surface area contributed by atoms with Crippen molar-refractivity contribution in [3.05, 3.63) is 71.3 Å². The maximum Gasteiger partial charge on any atom is 0.220 e. The molecule has 0 radical (unpaired) electrons. The molecule has 0 aliphatic carbocycles. The number of hydrogen-bond donors (Lipinski definition) is 4. The Morgan fingerprint density at radius 1 is 1.00 bits per heavy atom. The molecule has 2 rings (SSSR count). The number of hydrogen-bond acceptors (Lipinski definition) is 4. The first kappa shape index (κ1) is 25.4. The van der Waals surface area contributed by atoms with Crippen molar-refractivity contribution in [2.24, 2.45) is 0 Å². The van der Waals surface area contributed by atoms with Crippen LogP contribution >= 0.6 is 0 Å². The van der Waals surface area contributed by atoms with Gasteiger partial charge in [-0.3, -0.25) is 9.59 Å². The summed E-state index contributed by atoms with van der Waals surface area (Å²) in [7, 11) is 0. The van der Waals surface area contributed by atoms with E-state index in [0.29, 0.717) is 6.42 Å². The fourth-order valence-corrected chi connectivity index (χ4v) is 3.56. The molecule has 6 nitrogen and oxygen atoms in total. The third-order valence-electron chi connectivity index (χ3n) is 5.05. The van der Waals surface area contributed by atoms with Crippen LogP contribution in [0.3, 0.4) is 0 Å². The van der Waals surface area contributed by atoms with Gasteiger partial charge in [-0.25, -0.2) is 8.78 Å². The Bertz CT molecular complexity index is 859. The summed E-state index contributed by atoms with van der Waals surface area (Å²) in [6.45, 7) is 0.868. The number of aliphatic hydroxyl groups excluding tert-OH is 2. The van der Waals surface area contributed by atoms with Gasteiger partial charge in [-0.05, 0) is 48.9 Å². The second kappa shape index (κ2) is 12.9. The molecule has 0 aliphatic heterocycles. The molecule has 2 amide bonds. The van der Waals surface area contributed by atoms with Crippen LogP contribution in [0, 0.1) is 11.6 Å². The van der Waals surface area contributed by atoms with Crippen LogP contribution in [0.15, 0.2) is 48.5 Å². The summed E-state index contributed by atoms with van der Waals surface area (Å²) in [6, 6.07) is 11.2. The first-order valence-corrected chi connectivity index (χ1v) is 10.6. The van der Waals surface area contributed by atoms with Crippen LogP contribution in [-0.2, 0) is 22.4 Å². The number of nitrogens with one attached hydrogen (secondary N) is 2. The molecule has 3 atom stereocenters. The zero-order valence-corrected chi connectivity index (χ0v) is 18.1. The normalized spacial score (nSPS) is 13.8. The van der Waals surface area contributed by atoms with Crippen molar-refractivity contribution in [1.29, 1.82) is 0 Å². The molecule has 0 saturated heterocycles. The van der Waals surface area contributed by atoms with Crippen molar-refractivity contribution >= 4 is 11.8 Å². The van der Waals surface area contributed by atoms with E-state index in [2.05, 4.69) is 10.6 Å². The highest BCUT2D eigenvalue weighted by Gasteiger charge is 2.25. The average Bonchev–Trinajstić information content (AvgIpc) is 2.72. The summed E-state index contributed by atoms with van der Waals surface area (Å²) in [5.74, 6) is -2.19. The Balaban J connectivity index is 1.91. The predicted octanol–water partition coefficient (Wildman–Crippen LogP) is 2.26. The van der Waals surface area contributed by atoms with Crippen molar-refractivity contribution < 1.29 is 28.6 Å². The van der Waals surface area contributed by atoms with Gasteiger partial charge in [-0.1, -0.05) is 30.3 Å².